The Hall–Kier alpha value is -1.33. The van der Waals surface area contributed by atoms with Crippen molar-refractivity contribution in [1.29, 1.82) is 5.26 Å². The molecule has 0 spiro atoms. The fourth-order valence-corrected chi connectivity index (χ4v) is 2.99. The summed E-state index contributed by atoms with van der Waals surface area (Å²) in [5.41, 5.74) is 2.69. The molecule has 0 radical (unpaired) electrons. The van der Waals surface area contributed by atoms with Gasteiger partial charge in [0.05, 0.1) is 17.6 Å². The summed E-state index contributed by atoms with van der Waals surface area (Å²) < 4.78 is 0. The molecule has 1 fully saturated rings. The van der Waals surface area contributed by atoms with Gasteiger partial charge >= 0.3 is 0 Å². The smallest absolute Gasteiger partial charge is 0.0976 e. The number of rotatable bonds is 2. The topological polar surface area (TPSA) is 44.0 Å². The SMILES string of the molecule is Cc1ccc(C(O)C2(C#N)CCC(C)C2)cc1C. The fraction of sp³-hybridized carbons (Fsp3) is 0.562. The van der Waals surface area contributed by atoms with E-state index >= 15 is 0 Å². The number of nitriles is 1. The van der Waals surface area contributed by atoms with Crippen molar-refractivity contribution >= 4 is 0 Å². The van der Waals surface area contributed by atoms with Crippen molar-refractivity contribution in [2.45, 2.75) is 46.1 Å². The van der Waals surface area contributed by atoms with E-state index in [-0.39, 0.29) is 0 Å². The summed E-state index contributed by atoms with van der Waals surface area (Å²) in [5, 5.41) is 20.1. The highest BCUT2D eigenvalue weighted by atomic mass is 16.3. The molecule has 3 unspecified atom stereocenters. The first-order valence-electron chi connectivity index (χ1n) is 6.65. The predicted octanol–water partition coefficient (Wildman–Crippen LogP) is 3.67. The monoisotopic (exact) mass is 243 g/mol. The Bertz CT molecular complexity index is 488. The van der Waals surface area contributed by atoms with Crippen LogP contribution in [0.15, 0.2) is 18.2 Å². The maximum atomic E-state index is 10.6. The van der Waals surface area contributed by atoms with E-state index in [1.54, 1.807) is 0 Å². The van der Waals surface area contributed by atoms with Gasteiger partial charge in [0.2, 0.25) is 0 Å². The van der Waals surface area contributed by atoms with Crippen molar-refractivity contribution in [2.75, 3.05) is 0 Å². The second kappa shape index (κ2) is 4.74. The molecule has 1 N–H and O–H groups in total. The highest BCUT2D eigenvalue weighted by Gasteiger charge is 2.44. The lowest BCUT2D eigenvalue weighted by molar-refractivity contribution is 0.0646. The molecule has 0 bridgehead atoms. The molecule has 96 valence electrons. The van der Waals surface area contributed by atoms with Crippen LogP contribution in [-0.2, 0) is 0 Å². The van der Waals surface area contributed by atoms with Crippen molar-refractivity contribution in [2.24, 2.45) is 11.3 Å². The van der Waals surface area contributed by atoms with Gasteiger partial charge in [0.1, 0.15) is 0 Å². The molecule has 2 rings (SSSR count). The zero-order valence-electron chi connectivity index (χ0n) is 11.4. The van der Waals surface area contributed by atoms with Crippen LogP contribution in [-0.4, -0.2) is 5.11 Å². The van der Waals surface area contributed by atoms with Gasteiger partial charge in [-0.1, -0.05) is 25.1 Å². The van der Waals surface area contributed by atoms with Crippen LogP contribution in [0.5, 0.6) is 0 Å². The molecule has 0 aromatic heterocycles. The van der Waals surface area contributed by atoms with Crippen molar-refractivity contribution in [1.82, 2.24) is 0 Å². The number of aliphatic hydroxyl groups is 1. The van der Waals surface area contributed by atoms with Crippen LogP contribution < -0.4 is 0 Å². The number of aliphatic hydroxyl groups excluding tert-OH is 1. The third kappa shape index (κ3) is 2.15. The second-order valence-electron chi connectivity index (χ2n) is 5.86. The summed E-state index contributed by atoms with van der Waals surface area (Å²) >= 11 is 0. The summed E-state index contributed by atoms with van der Waals surface area (Å²) in [4.78, 5) is 0. The molecule has 0 saturated heterocycles. The molecular formula is C16H21NO. The van der Waals surface area contributed by atoms with Crippen LogP contribution in [0.1, 0.15) is 49.0 Å². The molecule has 2 heteroatoms. The van der Waals surface area contributed by atoms with E-state index in [2.05, 4.69) is 19.9 Å². The summed E-state index contributed by atoms with van der Waals surface area (Å²) in [6.07, 6.45) is 1.98. The third-order valence-electron chi connectivity index (χ3n) is 4.39. The molecule has 18 heavy (non-hydrogen) atoms. The van der Waals surface area contributed by atoms with Gasteiger partial charge in [-0.2, -0.15) is 5.26 Å². The third-order valence-corrected chi connectivity index (χ3v) is 4.39. The van der Waals surface area contributed by atoms with Crippen LogP contribution in [0, 0.1) is 36.5 Å². The Balaban J connectivity index is 2.32. The number of hydrogen-bond donors (Lipinski definition) is 1. The minimum Gasteiger partial charge on any atom is -0.387 e. The summed E-state index contributed by atoms with van der Waals surface area (Å²) in [5.74, 6) is 0.533. The van der Waals surface area contributed by atoms with Gasteiger partial charge in [-0.15, -0.1) is 0 Å². The summed E-state index contributed by atoms with van der Waals surface area (Å²) in [6, 6.07) is 8.38. The van der Waals surface area contributed by atoms with Gasteiger partial charge in [-0.05, 0) is 55.7 Å². The van der Waals surface area contributed by atoms with Crippen LogP contribution >= 0.6 is 0 Å². The second-order valence-corrected chi connectivity index (χ2v) is 5.86. The van der Waals surface area contributed by atoms with Crippen molar-refractivity contribution < 1.29 is 5.11 Å². The van der Waals surface area contributed by atoms with Crippen molar-refractivity contribution in [3.05, 3.63) is 34.9 Å². The largest absolute Gasteiger partial charge is 0.387 e. The van der Waals surface area contributed by atoms with Gasteiger partial charge in [-0.3, -0.25) is 0 Å². The van der Waals surface area contributed by atoms with Crippen LogP contribution in [0.2, 0.25) is 0 Å². The van der Waals surface area contributed by atoms with Crippen molar-refractivity contribution in [3.63, 3.8) is 0 Å². The van der Waals surface area contributed by atoms with Gasteiger partial charge in [0.15, 0.2) is 0 Å². The maximum absolute atomic E-state index is 10.6. The molecule has 1 aliphatic carbocycles. The van der Waals surface area contributed by atoms with Crippen molar-refractivity contribution in [3.8, 4) is 6.07 Å². The van der Waals surface area contributed by atoms with E-state index in [1.165, 1.54) is 11.1 Å². The Morgan fingerprint density at radius 3 is 2.61 bits per heavy atom. The lowest BCUT2D eigenvalue weighted by atomic mass is 9.77. The van der Waals surface area contributed by atoms with Crippen LogP contribution in [0.3, 0.4) is 0 Å². The Labute approximate surface area is 109 Å². The molecule has 3 atom stereocenters. The summed E-state index contributed by atoms with van der Waals surface area (Å²) in [6.45, 7) is 6.26. The quantitative estimate of drug-likeness (QED) is 0.861. The lowest BCUT2D eigenvalue weighted by Crippen LogP contribution is -2.24. The van der Waals surface area contributed by atoms with E-state index in [0.717, 1.165) is 24.8 Å². The molecule has 1 saturated carbocycles. The molecule has 0 amide bonds. The minimum absolute atomic E-state index is 0.533. The van der Waals surface area contributed by atoms with Crippen LogP contribution in [0.25, 0.3) is 0 Å². The zero-order valence-corrected chi connectivity index (χ0v) is 11.4. The van der Waals surface area contributed by atoms with Gasteiger partial charge in [-0.25, -0.2) is 0 Å². The predicted molar refractivity (Wildman–Crippen MR) is 71.9 cm³/mol. The first-order chi connectivity index (χ1) is 8.48. The molecular weight excluding hydrogens is 222 g/mol. The summed E-state index contributed by atoms with van der Waals surface area (Å²) in [7, 11) is 0. The first-order valence-corrected chi connectivity index (χ1v) is 6.65. The Morgan fingerprint density at radius 2 is 2.11 bits per heavy atom. The molecule has 1 aromatic carbocycles. The Morgan fingerprint density at radius 1 is 1.39 bits per heavy atom. The van der Waals surface area contributed by atoms with Gasteiger partial charge in [0.25, 0.3) is 0 Å². The van der Waals surface area contributed by atoms with E-state index in [0.29, 0.717) is 5.92 Å². The molecule has 1 aliphatic rings. The zero-order chi connectivity index (χ0) is 13.3. The van der Waals surface area contributed by atoms with Gasteiger partial charge in [0, 0.05) is 0 Å². The fourth-order valence-electron chi connectivity index (χ4n) is 2.99. The van der Waals surface area contributed by atoms with Gasteiger partial charge < -0.3 is 5.11 Å². The minimum atomic E-state index is -0.660. The Kier molecular flexibility index (Phi) is 3.45. The average molecular weight is 243 g/mol. The lowest BCUT2D eigenvalue weighted by Gasteiger charge is -2.28. The number of benzene rings is 1. The normalized spacial score (nSPS) is 28.9. The van der Waals surface area contributed by atoms with E-state index in [4.69, 9.17) is 0 Å². The molecule has 1 aromatic rings. The average Bonchev–Trinajstić information content (AvgIpc) is 2.75. The molecule has 2 nitrogen and oxygen atoms in total. The highest BCUT2D eigenvalue weighted by Crippen LogP contribution is 2.49. The van der Waals surface area contributed by atoms with E-state index in [9.17, 15) is 10.4 Å². The number of nitrogens with zero attached hydrogens (tertiary/aromatic N) is 1. The van der Waals surface area contributed by atoms with Crippen LogP contribution in [0.4, 0.5) is 0 Å². The van der Waals surface area contributed by atoms with E-state index in [1.807, 2.05) is 25.1 Å². The highest BCUT2D eigenvalue weighted by molar-refractivity contribution is 5.33. The number of hydrogen-bond acceptors (Lipinski definition) is 2. The molecule has 0 aliphatic heterocycles. The van der Waals surface area contributed by atoms with E-state index < -0.39 is 11.5 Å². The maximum Gasteiger partial charge on any atom is 0.0976 e. The first kappa shape index (κ1) is 13.1. The number of aryl methyl sites for hydroxylation is 2. The molecule has 0 heterocycles. The standard InChI is InChI=1S/C16H21NO/c1-11-6-7-16(9-11,10-17)15(18)14-5-4-12(2)13(3)8-14/h4-5,8,11,15,18H,6-7,9H2,1-3H3.